The Kier molecular flexibility index (Phi) is 3.98. The van der Waals surface area contributed by atoms with Gasteiger partial charge in [-0.05, 0) is 37.1 Å². The molecule has 1 aromatic carbocycles. The van der Waals surface area contributed by atoms with E-state index in [-0.39, 0.29) is 5.91 Å². The molecule has 0 aliphatic carbocycles. The molecule has 0 aliphatic rings. The number of nitrogens with zero attached hydrogens (tertiary/aromatic N) is 2. The highest BCUT2D eigenvalue weighted by Crippen LogP contribution is 2.27. The molecule has 0 atom stereocenters. The van der Waals surface area contributed by atoms with E-state index in [0.717, 1.165) is 21.5 Å². The lowest BCUT2D eigenvalue weighted by Gasteiger charge is -1.95. The Morgan fingerprint density at radius 2 is 1.95 bits per heavy atom. The summed E-state index contributed by atoms with van der Waals surface area (Å²) in [6.07, 6.45) is 3.28. The van der Waals surface area contributed by atoms with E-state index in [2.05, 4.69) is 15.3 Å². The molecular weight excluding hydrogens is 294 g/mol. The minimum Gasteiger partial charge on any atom is -0.298 e. The Morgan fingerprint density at radius 1 is 1.18 bits per heavy atom. The van der Waals surface area contributed by atoms with Crippen LogP contribution in [0.5, 0.6) is 0 Å². The van der Waals surface area contributed by atoms with E-state index in [9.17, 15) is 4.79 Å². The van der Waals surface area contributed by atoms with Gasteiger partial charge in [-0.1, -0.05) is 41.7 Å². The Bertz CT molecular complexity index is 853. The second kappa shape index (κ2) is 6.07. The number of hydrogen-bond donors (Lipinski definition) is 1. The zero-order chi connectivity index (χ0) is 15.5. The highest BCUT2D eigenvalue weighted by Gasteiger charge is 2.09. The standard InChI is InChI=1S/C17H15N3OS/c1-11-10-12(2)18-16-15(11)22-17(20-16)19-14(21)9-8-13-6-4-3-5-7-13/h3-10H,1-2H3,(H,18,19,20,21)/b9-8-. The van der Waals surface area contributed by atoms with Crippen LogP contribution in [0.2, 0.25) is 0 Å². The average Bonchev–Trinajstić information content (AvgIpc) is 2.89. The number of amides is 1. The number of aryl methyl sites for hydroxylation is 2. The van der Waals surface area contributed by atoms with Gasteiger partial charge < -0.3 is 0 Å². The first-order valence-electron chi connectivity index (χ1n) is 6.91. The number of rotatable bonds is 3. The lowest BCUT2D eigenvalue weighted by Crippen LogP contribution is -2.07. The molecule has 3 rings (SSSR count). The molecule has 2 aromatic heterocycles. The fourth-order valence-electron chi connectivity index (χ4n) is 2.16. The largest absolute Gasteiger partial charge is 0.298 e. The summed E-state index contributed by atoms with van der Waals surface area (Å²) in [6.45, 7) is 3.96. The zero-order valence-corrected chi connectivity index (χ0v) is 13.1. The number of nitrogens with one attached hydrogen (secondary N) is 1. The van der Waals surface area contributed by atoms with Crippen molar-refractivity contribution in [2.24, 2.45) is 0 Å². The van der Waals surface area contributed by atoms with E-state index in [1.807, 2.05) is 50.2 Å². The van der Waals surface area contributed by atoms with Crippen LogP contribution in [0.4, 0.5) is 5.13 Å². The van der Waals surface area contributed by atoms with Crippen molar-refractivity contribution in [1.29, 1.82) is 0 Å². The van der Waals surface area contributed by atoms with Crippen LogP contribution in [0.1, 0.15) is 16.8 Å². The van der Waals surface area contributed by atoms with Crippen molar-refractivity contribution >= 4 is 38.8 Å². The molecule has 0 unspecified atom stereocenters. The molecule has 2 heterocycles. The first-order chi connectivity index (χ1) is 10.6. The molecule has 22 heavy (non-hydrogen) atoms. The molecule has 0 spiro atoms. The number of benzene rings is 1. The molecule has 0 bridgehead atoms. The third kappa shape index (κ3) is 3.20. The van der Waals surface area contributed by atoms with Crippen LogP contribution in [0, 0.1) is 13.8 Å². The summed E-state index contributed by atoms with van der Waals surface area (Å²) < 4.78 is 1.01. The summed E-state index contributed by atoms with van der Waals surface area (Å²) in [7, 11) is 0. The smallest absolute Gasteiger partial charge is 0.250 e. The van der Waals surface area contributed by atoms with Crippen LogP contribution in [0.3, 0.4) is 0 Å². The Morgan fingerprint density at radius 3 is 2.73 bits per heavy atom. The number of anilines is 1. The molecule has 4 nitrogen and oxygen atoms in total. The second-order valence-electron chi connectivity index (χ2n) is 4.99. The first kappa shape index (κ1) is 14.4. The lowest BCUT2D eigenvalue weighted by molar-refractivity contribution is -0.111. The molecule has 5 heteroatoms. The van der Waals surface area contributed by atoms with Crippen LogP contribution in [0.25, 0.3) is 16.4 Å². The Hall–Kier alpha value is -2.53. The van der Waals surface area contributed by atoms with Crippen LogP contribution in [0.15, 0.2) is 42.5 Å². The molecule has 0 fully saturated rings. The minimum absolute atomic E-state index is 0.197. The molecule has 0 aliphatic heterocycles. The van der Waals surface area contributed by atoms with E-state index in [0.29, 0.717) is 10.8 Å². The fraction of sp³-hybridized carbons (Fsp3) is 0.118. The highest BCUT2D eigenvalue weighted by molar-refractivity contribution is 7.22. The zero-order valence-electron chi connectivity index (χ0n) is 12.3. The molecule has 1 N–H and O–H groups in total. The van der Waals surface area contributed by atoms with Gasteiger partial charge in [-0.2, -0.15) is 4.98 Å². The van der Waals surface area contributed by atoms with Crippen molar-refractivity contribution in [1.82, 2.24) is 9.97 Å². The number of carbonyl (C=O) groups excluding carboxylic acids is 1. The van der Waals surface area contributed by atoms with Crippen LogP contribution in [-0.2, 0) is 4.79 Å². The fourth-order valence-corrected chi connectivity index (χ4v) is 3.04. The first-order valence-corrected chi connectivity index (χ1v) is 7.72. The molecule has 3 aromatic rings. The van der Waals surface area contributed by atoms with E-state index in [1.165, 1.54) is 17.4 Å². The Labute approximate surface area is 132 Å². The van der Waals surface area contributed by atoms with Gasteiger partial charge in [0.05, 0.1) is 4.70 Å². The SMILES string of the molecule is Cc1cc(C)c2sc(NC(=O)/C=C\c3ccccc3)nc2n1. The number of hydrogen-bond acceptors (Lipinski definition) is 4. The number of thiazole rings is 1. The summed E-state index contributed by atoms with van der Waals surface area (Å²) in [5, 5.41) is 3.36. The summed E-state index contributed by atoms with van der Waals surface area (Å²) in [5.74, 6) is -0.197. The van der Waals surface area contributed by atoms with Gasteiger partial charge in [0.25, 0.3) is 0 Å². The monoisotopic (exact) mass is 309 g/mol. The quantitative estimate of drug-likeness (QED) is 0.745. The van der Waals surface area contributed by atoms with E-state index in [1.54, 1.807) is 6.08 Å². The maximum absolute atomic E-state index is 12.0. The van der Waals surface area contributed by atoms with Gasteiger partial charge in [0.1, 0.15) is 0 Å². The highest BCUT2D eigenvalue weighted by atomic mass is 32.1. The molecular formula is C17H15N3OS. The number of carbonyl (C=O) groups is 1. The Balaban J connectivity index is 1.77. The normalized spacial score (nSPS) is 11.2. The van der Waals surface area contributed by atoms with Crippen molar-refractivity contribution in [2.75, 3.05) is 5.32 Å². The number of pyridine rings is 1. The van der Waals surface area contributed by atoms with Gasteiger partial charge >= 0.3 is 0 Å². The van der Waals surface area contributed by atoms with Gasteiger partial charge in [-0.15, -0.1) is 0 Å². The van der Waals surface area contributed by atoms with Gasteiger partial charge in [-0.3, -0.25) is 10.1 Å². The van der Waals surface area contributed by atoms with Crippen molar-refractivity contribution in [3.8, 4) is 0 Å². The predicted octanol–water partition coefficient (Wildman–Crippen LogP) is 3.96. The van der Waals surface area contributed by atoms with Crippen LogP contribution < -0.4 is 5.32 Å². The van der Waals surface area contributed by atoms with E-state index in [4.69, 9.17) is 0 Å². The topological polar surface area (TPSA) is 54.9 Å². The third-order valence-electron chi connectivity index (χ3n) is 3.13. The maximum Gasteiger partial charge on any atom is 0.250 e. The summed E-state index contributed by atoms with van der Waals surface area (Å²) in [4.78, 5) is 20.7. The summed E-state index contributed by atoms with van der Waals surface area (Å²) >= 11 is 1.44. The van der Waals surface area contributed by atoms with Crippen LogP contribution in [-0.4, -0.2) is 15.9 Å². The molecule has 1 amide bonds. The van der Waals surface area contributed by atoms with Gasteiger partial charge in [0.15, 0.2) is 10.8 Å². The van der Waals surface area contributed by atoms with Crippen molar-refractivity contribution in [3.63, 3.8) is 0 Å². The number of fused-ring (bicyclic) bond motifs is 1. The second-order valence-corrected chi connectivity index (χ2v) is 5.98. The minimum atomic E-state index is -0.197. The maximum atomic E-state index is 12.0. The van der Waals surface area contributed by atoms with Gasteiger partial charge in [-0.25, -0.2) is 4.98 Å². The lowest BCUT2D eigenvalue weighted by atomic mass is 10.2. The molecule has 0 saturated heterocycles. The van der Waals surface area contributed by atoms with E-state index < -0.39 is 0 Å². The van der Waals surface area contributed by atoms with Crippen molar-refractivity contribution < 1.29 is 4.79 Å². The van der Waals surface area contributed by atoms with Gasteiger partial charge in [0, 0.05) is 11.8 Å². The van der Waals surface area contributed by atoms with E-state index >= 15 is 0 Å². The molecule has 0 saturated carbocycles. The summed E-state index contributed by atoms with van der Waals surface area (Å²) in [6, 6.07) is 11.7. The predicted molar refractivity (Wildman–Crippen MR) is 91.0 cm³/mol. The van der Waals surface area contributed by atoms with Crippen molar-refractivity contribution in [2.45, 2.75) is 13.8 Å². The molecule has 0 radical (unpaired) electrons. The summed E-state index contributed by atoms with van der Waals surface area (Å²) in [5.41, 5.74) is 3.72. The van der Waals surface area contributed by atoms with Crippen molar-refractivity contribution in [3.05, 3.63) is 59.3 Å². The van der Waals surface area contributed by atoms with Gasteiger partial charge in [0.2, 0.25) is 5.91 Å². The molecule has 110 valence electrons. The third-order valence-corrected chi connectivity index (χ3v) is 4.23. The van der Waals surface area contributed by atoms with Crippen LogP contribution >= 0.6 is 11.3 Å². The average molecular weight is 309 g/mol. The number of aromatic nitrogens is 2.